The van der Waals surface area contributed by atoms with E-state index >= 15 is 0 Å². The van der Waals surface area contributed by atoms with Crippen LogP contribution in [0.15, 0.2) is 47.9 Å². The van der Waals surface area contributed by atoms with Crippen molar-refractivity contribution in [2.24, 2.45) is 0 Å². The minimum absolute atomic E-state index is 0.0418. The van der Waals surface area contributed by atoms with Gasteiger partial charge in [-0.2, -0.15) is 8.42 Å². The first-order chi connectivity index (χ1) is 12.9. The van der Waals surface area contributed by atoms with Crippen LogP contribution in [0.1, 0.15) is 5.56 Å². The van der Waals surface area contributed by atoms with E-state index in [1.807, 2.05) is 0 Å². The van der Waals surface area contributed by atoms with Gasteiger partial charge in [-0.05, 0) is 24.3 Å². The predicted octanol–water partition coefficient (Wildman–Crippen LogP) is 2.41. The van der Waals surface area contributed by atoms with Gasteiger partial charge in [0.1, 0.15) is 10.9 Å². The van der Waals surface area contributed by atoms with Crippen LogP contribution in [0, 0.1) is 11.8 Å². The summed E-state index contributed by atoms with van der Waals surface area (Å²) >= 11 is 3.20. The number of allylic oxidation sites excluding steroid dienone is 1. The zero-order chi connectivity index (χ0) is 20.0. The highest BCUT2D eigenvalue weighted by molar-refractivity contribution is 9.09. The number of hydrogen-bond acceptors (Lipinski definition) is 5. The third-order valence-corrected chi connectivity index (χ3v) is 4.72. The van der Waals surface area contributed by atoms with Crippen molar-refractivity contribution in [2.75, 3.05) is 24.4 Å². The number of methoxy groups -OCH3 is 2. The normalized spacial score (nSPS) is 15.7. The molecule has 1 aliphatic rings. The Morgan fingerprint density at radius 3 is 2.63 bits per heavy atom. The van der Waals surface area contributed by atoms with Gasteiger partial charge in [0.25, 0.3) is 0 Å². The third kappa shape index (κ3) is 4.53. The maximum atomic E-state index is 12.0. The number of carbonyl (C=O) groups is 1. The van der Waals surface area contributed by atoms with Gasteiger partial charge in [0.05, 0.1) is 19.5 Å². The first-order valence-corrected chi connectivity index (χ1v) is 9.78. The zero-order valence-corrected chi connectivity index (χ0v) is 16.9. The monoisotopic (exact) mass is 453 g/mol. The van der Waals surface area contributed by atoms with E-state index in [1.54, 1.807) is 24.3 Å². The highest BCUT2D eigenvalue weighted by atomic mass is 79.9. The van der Waals surface area contributed by atoms with Gasteiger partial charge in [-0.15, -0.1) is 0 Å². The van der Waals surface area contributed by atoms with Crippen LogP contribution < -0.4 is 4.90 Å². The highest BCUT2D eigenvalue weighted by Crippen LogP contribution is 2.26. The molecular weight excluding hydrogens is 438 g/mol. The zero-order valence-electron chi connectivity index (χ0n) is 14.5. The first kappa shape index (κ1) is 20.6. The van der Waals surface area contributed by atoms with Gasteiger partial charge in [-0.25, -0.2) is 4.79 Å². The Kier molecular flexibility index (Phi) is 7.10. The number of rotatable bonds is 4. The van der Waals surface area contributed by atoms with Crippen LogP contribution in [-0.4, -0.2) is 50.1 Å². The second-order valence-electron chi connectivity index (χ2n) is 5.14. The smallest absolute Gasteiger partial charge is 0.412 e. The minimum atomic E-state index is -2.74. The van der Waals surface area contributed by atoms with Crippen molar-refractivity contribution in [1.29, 1.82) is 0 Å². The summed E-state index contributed by atoms with van der Waals surface area (Å²) < 4.78 is 34.0. The van der Waals surface area contributed by atoms with Crippen molar-refractivity contribution >= 4 is 42.9 Å². The molecule has 9 heteroatoms. The summed E-state index contributed by atoms with van der Waals surface area (Å²) in [5, 5.41) is 10.2. The molecule has 0 saturated heterocycles. The molecule has 0 fully saturated rings. The minimum Gasteiger partial charge on any atom is -0.493 e. The molecule has 7 nitrogen and oxygen atoms in total. The topological polar surface area (TPSA) is 93.1 Å². The number of hydrogen-bond donors (Lipinski definition) is 1. The van der Waals surface area contributed by atoms with Gasteiger partial charge >= 0.3 is 6.09 Å². The van der Waals surface area contributed by atoms with Gasteiger partial charge in [0.15, 0.2) is 11.5 Å². The molecule has 1 unspecified atom stereocenters. The van der Waals surface area contributed by atoms with Gasteiger partial charge in [-0.1, -0.05) is 39.9 Å². The number of anilines is 1. The molecule has 1 aromatic rings. The number of alkyl halides is 1. The molecule has 27 heavy (non-hydrogen) atoms. The number of nitrogens with zero attached hydrogens (tertiary/aromatic N) is 1. The molecule has 0 radical (unpaired) electrons. The molecule has 0 aliphatic heterocycles. The third-order valence-electron chi connectivity index (χ3n) is 3.66. The number of ether oxygens (including phenoxy) is 2. The fourth-order valence-electron chi connectivity index (χ4n) is 2.60. The number of halogens is 1. The molecular formula is C18H16BrNO6S. The van der Waals surface area contributed by atoms with Gasteiger partial charge in [-0.3, -0.25) is 4.90 Å². The summed E-state index contributed by atoms with van der Waals surface area (Å²) in [5.74, 6) is 5.87. The standard InChI is InChI=1S/C18H16BrNO6S/c1-25-15-9-8-14(17(27(23)24)16(15)26-2)20(18(21)22)13-7-3-5-12(11-13)6-4-10-19/h3,5,7-9,11,14H,10H2,1-2H3,(H,21,22). The molecule has 0 aromatic heterocycles. The van der Waals surface area contributed by atoms with E-state index in [-0.39, 0.29) is 22.1 Å². The Labute approximate surface area is 166 Å². The second-order valence-corrected chi connectivity index (χ2v) is 6.61. The van der Waals surface area contributed by atoms with Crippen LogP contribution >= 0.6 is 15.9 Å². The van der Waals surface area contributed by atoms with Crippen molar-refractivity contribution in [1.82, 2.24) is 0 Å². The van der Waals surface area contributed by atoms with Crippen molar-refractivity contribution in [3.63, 3.8) is 0 Å². The van der Waals surface area contributed by atoms with E-state index in [0.29, 0.717) is 10.9 Å². The molecule has 1 aliphatic carbocycles. The second kappa shape index (κ2) is 9.30. The molecule has 2 rings (SSSR count). The van der Waals surface area contributed by atoms with Crippen molar-refractivity contribution in [3.05, 3.63) is 53.5 Å². The maximum Gasteiger partial charge on any atom is 0.412 e. The number of carboxylic acid groups (broad SMARTS) is 1. The van der Waals surface area contributed by atoms with Crippen molar-refractivity contribution in [2.45, 2.75) is 6.04 Å². The molecule has 1 N–H and O–H groups in total. The average Bonchev–Trinajstić information content (AvgIpc) is 2.65. The molecule has 0 heterocycles. The van der Waals surface area contributed by atoms with E-state index in [1.165, 1.54) is 26.4 Å². The summed E-state index contributed by atoms with van der Waals surface area (Å²) in [7, 11) is -0.0849. The lowest BCUT2D eigenvalue weighted by molar-refractivity contribution is 0.201. The Hall–Kier alpha value is -2.70. The number of benzene rings is 1. The maximum absolute atomic E-state index is 12.0. The Morgan fingerprint density at radius 1 is 1.33 bits per heavy atom. The molecule has 0 saturated carbocycles. The molecule has 0 bridgehead atoms. The Balaban J connectivity index is 2.62. The van der Waals surface area contributed by atoms with Crippen LogP contribution in [0.4, 0.5) is 10.5 Å². The Morgan fingerprint density at radius 2 is 2.07 bits per heavy atom. The van der Waals surface area contributed by atoms with E-state index in [9.17, 15) is 18.3 Å². The molecule has 142 valence electrons. The lowest BCUT2D eigenvalue weighted by Gasteiger charge is -2.30. The van der Waals surface area contributed by atoms with Crippen LogP contribution in [-0.2, 0) is 19.8 Å². The van der Waals surface area contributed by atoms with Crippen LogP contribution in [0.5, 0.6) is 0 Å². The fourth-order valence-corrected chi connectivity index (χ4v) is 3.45. The quantitative estimate of drug-likeness (QED) is 0.427. The van der Waals surface area contributed by atoms with Gasteiger partial charge in [0.2, 0.25) is 10.3 Å². The predicted molar refractivity (Wildman–Crippen MR) is 106 cm³/mol. The average molecular weight is 454 g/mol. The van der Waals surface area contributed by atoms with Crippen LogP contribution in [0.3, 0.4) is 0 Å². The van der Waals surface area contributed by atoms with Crippen molar-refractivity contribution < 1.29 is 27.8 Å². The summed E-state index contributed by atoms with van der Waals surface area (Å²) in [4.78, 5) is 12.7. The van der Waals surface area contributed by atoms with Crippen LogP contribution in [0.25, 0.3) is 0 Å². The van der Waals surface area contributed by atoms with E-state index in [2.05, 4.69) is 27.8 Å². The summed E-state index contributed by atoms with van der Waals surface area (Å²) in [6, 6.07) is 5.40. The van der Waals surface area contributed by atoms with Crippen molar-refractivity contribution in [3.8, 4) is 11.8 Å². The Bertz CT molecular complexity index is 992. The van der Waals surface area contributed by atoms with E-state index in [0.717, 1.165) is 4.90 Å². The summed E-state index contributed by atoms with van der Waals surface area (Å²) in [6.45, 7) is 0. The van der Waals surface area contributed by atoms with Gasteiger partial charge < -0.3 is 14.6 Å². The first-order valence-electron chi connectivity index (χ1n) is 7.58. The fraction of sp³-hybridized carbons (Fsp3) is 0.222. The van der Waals surface area contributed by atoms with Crippen LogP contribution in [0.2, 0.25) is 0 Å². The lowest BCUT2D eigenvalue weighted by Crippen LogP contribution is -2.46. The number of amides is 1. The molecule has 1 amide bonds. The lowest BCUT2D eigenvalue weighted by atomic mass is 10.0. The molecule has 1 aromatic carbocycles. The largest absolute Gasteiger partial charge is 0.493 e. The highest BCUT2D eigenvalue weighted by Gasteiger charge is 2.35. The molecule has 1 atom stereocenters. The molecule has 0 spiro atoms. The SMILES string of the molecule is COC1=C(OC)C(=S(=O)=O)C(N(C(=O)O)c2cccc(C#CCBr)c2)C=C1. The van der Waals surface area contributed by atoms with E-state index < -0.39 is 22.4 Å². The summed E-state index contributed by atoms with van der Waals surface area (Å²) in [6.07, 6.45) is 1.58. The van der Waals surface area contributed by atoms with E-state index in [4.69, 9.17) is 9.47 Å². The van der Waals surface area contributed by atoms with Gasteiger partial charge in [0, 0.05) is 11.3 Å². The summed E-state index contributed by atoms with van der Waals surface area (Å²) in [5.41, 5.74) is 0.876.